The number of fused-ring (bicyclic) bond motifs is 1. The minimum Gasteiger partial charge on any atom is -0.458 e. The Kier molecular flexibility index (Phi) is 8.28. The van der Waals surface area contributed by atoms with E-state index in [9.17, 15) is 14.4 Å². The zero-order valence-corrected chi connectivity index (χ0v) is 26.7. The van der Waals surface area contributed by atoms with Crippen LogP contribution in [-0.2, 0) is 33.3 Å². The van der Waals surface area contributed by atoms with Crippen LogP contribution in [0.25, 0.3) is 0 Å². The summed E-state index contributed by atoms with van der Waals surface area (Å²) in [6.45, 7) is 20.9. The van der Waals surface area contributed by atoms with Gasteiger partial charge in [0.25, 0.3) is 0 Å². The summed E-state index contributed by atoms with van der Waals surface area (Å²) in [6, 6.07) is 0. The molecule has 0 amide bonds. The highest BCUT2D eigenvalue weighted by molar-refractivity contribution is 6.03. The van der Waals surface area contributed by atoms with Gasteiger partial charge in [0.1, 0.15) is 12.2 Å². The Balaban J connectivity index is 1.49. The average molecular weight is 563 g/mol. The zero-order valence-electron chi connectivity index (χ0n) is 26.7. The van der Waals surface area contributed by atoms with Crippen LogP contribution in [0.4, 0.5) is 0 Å². The molecule has 4 aliphatic rings. The normalized spacial score (nSPS) is 32.9. The van der Waals surface area contributed by atoms with E-state index in [2.05, 4.69) is 62.3 Å². The molecule has 0 spiro atoms. The average Bonchev–Trinajstić information content (AvgIpc) is 3.39. The number of rotatable bonds is 8. The van der Waals surface area contributed by atoms with Crippen LogP contribution in [0, 0.1) is 38.9 Å². The third-order valence-electron chi connectivity index (χ3n) is 10.1. The second-order valence-electron chi connectivity index (χ2n) is 16.8. The molecule has 7 heteroatoms. The molecule has 0 radical (unpaired) electrons. The van der Waals surface area contributed by atoms with Gasteiger partial charge in [-0.25, -0.2) is 0 Å². The maximum Gasteiger partial charge on any atom is 0.326 e. The fourth-order valence-corrected chi connectivity index (χ4v) is 7.65. The first-order valence-corrected chi connectivity index (χ1v) is 15.6. The van der Waals surface area contributed by atoms with E-state index in [1.165, 1.54) is 6.42 Å². The van der Waals surface area contributed by atoms with Crippen LogP contribution in [0.3, 0.4) is 0 Å². The van der Waals surface area contributed by atoms with Crippen LogP contribution in [-0.4, -0.2) is 42.5 Å². The van der Waals surface area contributed by atoms with Crippen LogP contribution in [0.5, 0.6) is 0 Å². The molecule has 7 atom stereocenters. The molecule has 3 saturated carbocycles. The van der Waals surface area contributed by atoms with E-state index < -0.39 is 41.3 Å². The number of hydrogen-bond donors (Lipinski definition) is 0. The lowest BCUT2D eigenvalue weighted by atomic mass is 9.61. The molecule has 2 bridgehead atoms. The van der Waals surface area contributed by atoms with E-state index in [4.69, 9.17) is 18.9 Å². The highest BCUT2D eigenvalue weighted by Gasteiger charge is 2.76. The predicted molar refractivity (Wildman–Crippen MR) is 152 cm³/mol. The summed E-state index contributed by atoms with van der Waals surface area (Å²) in [5.41, 5.74) is -2.56. The number of esters is 3. The topological polar surface area (TPSA) is 88.1 Å². The Morgan fingerprint density at radius 2 is 1.57 bits per heavy atom. The maximum absolute atomic E-state index is 13.8. The van der Waals surface area contributed by atoms with Crippen molar-refractivity contribution in [1.29, 1.82) is 0 Å². The first-order valence-electron chi connectivity index (χ1n) is 15.6. The molecular weight excluding hydrogens is 508 g/mol. The van der Waals surface area contributed by atoms with Gasteiger partial charge in [-0.05, 0) is 55.3 Å². The molecule has 3 aliphatic carbocycles. The van der Waals surface area contributed by atoms with Crippen LogP contribution < -0.4 is 0 Å². The van der Waals surface area contributed by atoms with Crippen LogP contribution >= 0.6 is 0 Å². The number of hydrogen-bond acceptors (Lipinski definition) is 7. The molecule has 40 heavy (non-hydrogen) atoms. The lowest BCUT2D eigenvalue weighted by molar-refractivity contribution is -0.210. The quantitative estimate of drug-likeness (QED) is 0.136. The molecule has 1 heterocycles. The van der Waals surface area contributed by atoms with Crippen molar-refractivity contribution in [1.82, 2.24) is 0 Å². The van der Waals surface area contributed by atoms with Crippen LogP contribution in [0.1, 0.15) is 127 Å². The van der Waals surface area contributed by atoms with E-state index >= 15 is 0 Å². The smallest absolute Gasteiger partial charge is 0.326 e. The molecule has 7 unspecified atom stereocenters. The third kappa shape index (κ3) is 5.96. The molecule has 0 aromatic heterocycles. The van der Waals surface area contributed by atoms with Crippen molar-refractivity contribution >= 4 is 17.9 Å². The largest absolute Gasteiger partial charge is 0.458 e. The summed E-state index contributed by atoms with van der Waals surface area (Å²) in [6.07, 6.45) is 5.73. The first kappa shape index (κ1) is 31.3. The van der Waals surface area contributed by atoms with Crippen molar-refractivity contribution in [3.63, 3.8) is 0 Å². The van der Waals surface area contributed by atoms with Crippen molar-refractivity contribution in [2.24, 2.45) is 38.9 Å². The highest BCUT2D eigenvalue weighted by Crippen LogP contribution is 2.63. The maximum atomic E-state index is 13.8. The summed E-state index contributed by atoms with van der Waals surface area (Å²) >= 11 is 0. The molecule has 228 valence electrons. The minimum absolute atomic E-state index is 0.0717. The number of ether oxygens (including phenoxy) is 4. The SMILES string of the molecule is CC(C)(C)CC(OC(=O)C12CC3CC1C(OC2=O)C3OC(=O)C(C)(CC(C)(C)C)C(C)(C)C)OC1CCCCC1. The summed E-state index contributed by atoms with van der Waals surface area (Å²) in [4.78, 5) is 41.0. The third-order valence-corrected chi connectivity index (χ3v) is 10.1. The van der Waals surface area contributed by atoms with Gasteiger partial charge in [-0.2, -0.15) is 0 Å². The van der Waals surface area contributed by atoms with Crippen molar-refractivity contribution in [3.05, 3.63) is 0 Å². The van der Waals surface area contributed by atoms with Crippen molar-refractivity contribution in [3.8, 4) is 0 Å². The van der Waals surface area contributed by atoms with Gasteiger partial charge in [-0.1, -0.05) is 81.6 Å². The van der Waals surface area contributed by atoms with Gasteiger partial charge in [-0.3, -0.25) is 14.4 Å². The predicted octanol–water partition coefficient (Wildman–Crippen LogP) is 6.99. The molecule has 7 nitrogen and oxygen atoms in total. The molecule has 0 aromatic rings. The molecule has 1 saturated heterocycles. The highest BCUT2D eigenvalue weighted by atomic mass is 16.7. The second-order valence-corrected chi connectivity index (χ2v) is 16.8. The summed E-state index contributed by atoms with van der Waals surface area (Å²) in [5, 5.41) is 0. The second kappa shape index (κ2) is 10.6. The van der Waals surface area contributed by atoms with Crippen LogP contribution in [0.15, 0.2) is 0 Å². The fraction of sp³-hybridized carbons (Fsp3) is 0.909. The van der Waals surface area contributed by atoms with Crippen molar-refractivity contribution in [2.75, 3.05) is 0 Å². The number of carbonyl (C=O) groups is 3. The van der Waals surface area contributed by atoms with Gasteiger partial charge >= 0.3 is 17.9 Å². The van der Waals surface area contributed by atoms with E-state index in [1.807, 2.05) is 6.92 Å². The van der Waals surface area contributed by atoms with Gasteiger partial charge in [0, 0.05) is 18.3 Å². The fourth-order valence-electron chi connectivity index (χ4n) is 7.65. The first-order chi connectivity index (χ1) is 18.3. The molecule has 4 fully saturated rings. The molecular formula is C33H54O7. The van der Waals surface area contributed by atoms with Gasteiger partial charge in [-0.15, -0.1) is 0 Å². The monoisotopic (exact) mass is 562 g/mol. The Labute approximate surface area is 241 Å². The van der Waals surface area contributed by atoms with Gasteiger partial charge in [0.2, 0.25) is 6.29 Å². The molecule has 0 aromatic carbocycles. The van der Waals surface area contributed by atoms with Crippen molar-refractivity contribution < 1.29 is 33.3 Å². The molecule has 0 N–H and O–H groups in total. The van der Waals surface area contributed by atoms with Crippen molar-refractivity contribution in [2.45, 2.75) is 152 Å². The number of carbonyl (C=O) groups excluding carboxylic acids is 3. The lowest BCUT2D eigenvalue weighted by Gasteiger charge is -2.44. The summed E-state index contributed by atoms with van der Waals surface area (Å²) in [7, 11) is 0. The zero-order chi connectivity index (χ0) is 29.9. The van der Waals surface area contributed by atoms with Crippen LogP contribution in [0.2, 0.25) is 0 Å². The molecule has 4 rings (SSSR count). The van der Waals surface area contributed by atoms with E-state index in [-0.39, 0.29) is 40.2 Å². The van der Waals surface area contributed by atoms with Gasteiger partial charge < -0.3 is 18.9 Å². The van der Waals surface area contributed by atoms with E-state index in [1.54, 1.807) is 0 Å². The Hall–Kier alpha value is -1.63. The van der Waals surface area contributed by atoms with Gasteiger partial charge in [0.15, 0.2) is 5.41 Å². The Morgan fingerprint density at radius 1 is 0.950 bits per heavy atom. The standard InChI is InChI=1S/C33H54O7/c1-29(2,3)18-23(37-21-14-12-11-13-15-21)38-27(35)33-17-20-16-22(33)25(40-28(33)36)24(20)39-26(34)32(10,31(7,8)9)19-30(4,5)6/h20-25H,11-19H2,1-10H3. The Morgan fingerprint density at radius 3 is 2.12 bits per heavy atom. The Bertz CT molecular complexity index is 976. The minimum atomic E-state index is -1.33. The summed E-state index contributed by atoms with van der Waals surface area (Å²) in [5.74, 6) is -1.78. The molecule has 1 aliphatic heterocycles. The van der Waals surface area contributed by atoms with E-state index in [0.29, 0.717) is 25.7 Å². The van der Waals surface area contributed by atoms with Gasteiger partial charge in [0.05, 0.1) is 11.5 Å². The summed E-state index contributed by atoms with van der Waals surface area (Å²) < 4.78 is 24.5. The lowest BCUT2D eigenvalue weighted by Crippen LogP contribution is -2.50. The van der Waals surface area contributed by atoms with E-state index in [0.717, 1.165) is 25.7 Å².